The average molecular weight is 241 g/mol. The predicted octanol–water partition coefficient (Wildman–Crippen LogP) is 2.13. The molecule has 1 rings (SSSR count). The van der Waals surface area contributed by atoms with E-state index < -0.39 is 10.7 Å². The van der Waals surface area contributed by atoms with Crippen molar-refractivity contribution in [3.05, 3.63) is 34.1 Å². The minimum Gasteiger partial charge on any atom is -0.375 e. The van der Waals surface area contributed by atoms with Gasteiger partial charge in [0.1, 0.15) is 11.5 Å². The summed E-state index contributed by atoms with van der Waals surface area (Å²) in [5.41, 5.74) is 5.59. The molecule has 94 valence electrons. The van der Waals surface area contributed by atoms with Crippen molar-refractivity contribution in [3.63, 3.8) is 0 Å². The average Bonchev–Trinajstić information content (AvgIpc) is 2.26. The first kappa shape index (κ1) is 13.4. The van der Waals surface area contributed by atoms with Crippen molar-refractivity contribution >= 4 is 11.4 Å². The van der Waals surface area contributed by atoms with Crippen LogP contribution < -0.4 is 11.1 Å². The van der Waals surface area contributed by atoms with Gasteiger partial charge in [-0.15, -0.1) is 0 Å². The Hall–Kier alpha value is -1.69. The van der Waals surface area contributed by atoms with E-state index in [0.717, 1.165) is 6.07 Å². The van der Waals surface area contributed by atoms with Crippen LogP contribution in [0.15, 0.2) is 18.2 Å². The third-order valence-electron chi connectivity index (χ3n) is 2.56. The van der Waals surface area contributed by atoms with Gasteiger partial charge in [0.2, 0.25) is 0 Å². The molecule has 6 heteroatoms. The maximum atomic E-state index is 12.9. The lowest BCUT2D eigenvalue weighted by molar-refractivity contribution is -0.384. The number of nitrogens with two attached hydrogens (primary N) is 1. The van der Waals surface area contributed by atoms with E-state index in [9.17, 15) is 14.5 Å². The molecule has 0 saturated heterocycles. The van der Waals surface area contributed by atoms with Crippen LogP contribution in [0.2, 0.25) is 0 Å². The Morgan fingerprint density at radius 3 is 2.65 bits per heavy atom. The van der Waals surface area contributed by atoms with Crippen molar-refractivity contribution in [1.29, 1.82) is 0 Å². The summed E-state index contributed by atoms with van der Waals surface area (Å²) in [4.78, 5) is 10.2. The van der Waals surface area contributed by atoms with Gasteiger partial charge in [0.05, 0.1) is 11.0 Å². The molecule has 0 aliphatic rings. The van der Waals surface area contributed by atoms with Crippen molar-refractivity contribution in [2.45, 2.75) is 19.9 Å². The number of benzene rings is 1. The second-order valence-electron chi connectivity index (χ2n) is 4.15. The third kappa shape index (κ3) is 3.39. The second kappa shape index (κ2) is 5.58. The van der Waals surface area contributed by atoms with Gasteiger partial charge in [0.15, 0.2) is 0 Å². The number of nitrogens with one attached hydrogen (secondary N) is 1. The molecule has 0 spiro atoms. The van der Waals surface area contributed by atoms with E-state index in [1.165, 1.54) is 12.1 Å². The minimum absolute atomic E-state index is 0.0841. The number of nitrogens with zero attached hydrogens (tertiary/aromatic N) is 1. The van der Waals surface area contributed by atoms with Crippen LogP contribution >= 0.6 is 0 Å². The molecule has 0 amide bonds. The van der Waals surface area contributed by atoms with Crippen LogP contribution in [-0.4, -0.2) is 17.5 Å². The van der Waals surface area contributed by atoms with Crippen molar-refractivity contribution in [1.82, 2.24) is 0 Å². The molecule has 1 aromatic carbocycles. The summed E-state index contributed by atoms with van der Waals surface area (Å²) < 4.78 is 12.9. The summed E-state index contributed by atoms with van der Waals surface area (Å²) >= 11 is 0. The van der Waals surface area contributed by atoms with Crippen LogP contribution in [0.3, 0.4) is 0 Å². The molecular weight excluding hydrogens is 225 g/mol. The number of anilines is 1. The summed E-state index contributed by atoms with van der Waals surface area (Å²) in [7, 11) is 0. The molecule has 0 aromatic heterocycles. The first-order chi connectivity index (χ1) is 7.95. The molecule has 17 heavy (non-hydrogen) atoms. The smallest absolute Gasteiger partial charge is 0.295 e. The predicted molar refractivity (Wildman–Crippen MR) is 64.4 cm³/mol. The number of rotatable bonds is 5. The van der Waals surface area contributed by atoms with Crippen molar-refractivity contribution < 1.29 is 9.31 Å². The third-order valence-corrected chi connectivity index (χ3v) is 2.56. The molecule has 0 fully saturated rings. The summed E-state index contributed by atoms with van der Waals surface area (Å²) in [6.07, 6.45) is 0. The van der Waals surface area contributed by atoms with Crippen LogP contribution in [0.5, 0.6) is 0 Å². The fourth-order valence-corrected chi connectivity index (χ4v) is 1.48. The van der Waals surface area contributed by atoms with Crippen LogP contribution in [-0.2, 0) is 0 Å². The molecule has 0 aliphatic heterocycles. The van der Waals surface area contributed by atoms with E-state index in [1.807, 2.05) is 13.8 Å². The van der Waals surface area contributed by atoms with Gasteiger partial charge in [0, 0.05) is 12.6 Å². The van der Waals surface area contributed by atoms with E-state index in [2.05, 4.69) is 5.32 Å². The summed E-state index contributed by atoms with van der Waals surface area (Å²) in [5, 5.41) is 13.8. The number of nitro groups is 1. The minimum atomic E-state index is -0.629. The fourth-order valence-electron chi connectivity index (χ4n) is 1.48. The molecule has 5 nitrogen and oxygen atoms in total. The van der Waals surface area contributed by atoms with Crippen LogP contribution in [0.4, 0.5) is 15.8 Å². The van der Waals surface area contributed by atoms with Gasteiger partial charge in [-0.25, -0.2) is 4.39 Å². The largest absolute Gasteiger partial charge is 0.375 e. The van der Waals surface area contributed by atoms with Crippen molar-refractivity contribution in [2.24, 2.45) is 11.7 Å². The molecule has 0 saturated carbocycles. The highest BCUT2D eigenvalue weighted by molar-refractivity contribution is 5.61. The fraction of sp³-hybridized carbons (Fsp3) is 0.455. The summed E-state index contributed by atoms with van der Waals surface area (Å²) in [6.45, 7) is 4.27. The molecule has 1 unspecified atom stereocenters. The number of nitro benzene ring substituents is 1. The standard InChI is InChI=1S/C11H16FN3O2/c1-7(2)10(6-13)14-9-4-3-8(12)5-11(9)15(16)17/h3-5,7,10,14H,6,13H2,1-2H3. The Morgan fingerprint density at radius 1 is 1.53 bits per heavy atom. The zero-order valence-corrected chi connectivity index (χ0v) is 9.81. The van der Waals surface area contributed by atoms with Gasteiger partial charge in [-0.3, -0.25) is 10.1 Å². The molecular formula is C11H16FN3O2. The van der Waals surface area contributed by atoms with Crippen molar-refractivity contribution in [2.75, 3.05) is 11.9 Å². The Balaban J connectivity index is 3.01. The van der Waals surface area contributed by atoms with E-state index in [4.69, 9.17) is 5.73 Å². The first-order valence-electron chi connectivity index (χ1n) is 5.36. The van der Waals surface area contributed by atoms with Gasteiger partial charge < -0.3 is 11.1 Å². The molecule has 3 N–H and O–H groups in total. The van der Waals surface area contributed by atoms with Gasteiger partial charge in [-0.1, -0.05) is 13.8 Å². The Bertz CT molecular complexity index is 410. The van der Waals surface area contributed by atoms with Crippen LogP contribution in [0.1, 0.15) is 13.8 Å². The van der Waals surface area contributed by atoms with Gasteiger partial charge in [-0.05, 0) is 18.1 Å². The summed E-state index contributed by atoms with van der Waals surface area (Å²) in [6, 6.07) is 3.36. The summed E-state index contributed by atoms with van der Waals surface area (Å²) in [5.74, 6) is -0.402. The quantitative estimate of drug-likeness (QED) is 0.611. The monoisotopic (exact) mass is 241 g/mol. The lowest BCUT2D eigenvalue weighted by atomic mass is 10.0. The molecule has 0 bridgehead atoms. The molecule has 0 aliphatic carbocycles. The normalized spacial score (nSPS) is 12.5. The molecule has 0 radical (unpaired) electrons. The number of halogens is 1. The Labute approximate surface area is 99.0 Å². The zero-order chi connectivity index (χ0) is 13.0. The van der Waals surface area contributed by atoms with E-state index in [0.29, 0.717) is 12.2 Å². The van der Waals surface area contributed by atoms with Gasteiger partial charge in [0.25, 0.3) is 5.69 Å². The highest BCUT2D eigenvalue weighted by atomic mass is 19.1. The first-order valence-corrected chi connectivity index (χ1v) is 5.36. The number of hydrogen-bond donors (Lipinski definition) is 2. The van der Waals surface area contributed by atoms with Crippen LogP contribution in [0, 0.1) is 21.8 Å². The van der Waals surface area contributed by atoms with E-state index in [-0.39, 0.29) is 17.6 Å². The highest BCUT2D eigenvalue weighted by Crippen LogP contribution is 2.26. The Morgan fingerprint density at radius 2 is 2.18 bits per heavy atom. The Kier molecular flexibility index (Phi) is 4.39. The zero-order valence-electron chi connectivity index (χ0n) is 9.81. The topological polar surface area (TPSA) is 81.2 Å². The molecule has 0 heterocycles. The maximum absolute atomic E-state index is 12.9. The van der Waals surface area contributed by atoms with Gasteiger partial charge in [-0.2, -0.15) is 0 Å². The van der Waals surface area contributed by atoms with Gasteiger partial charge >= 0.3 is 0 Å². The van der Waals surface area contributed by atoms with E-state index in [1.54, 1.807) is 0 Å². The highest BCUT2D eigenvalue weighted by Gasteiger charge is 2.19. The van der Waals surface area contributed by atoms with E-state index >= 15 is 0 Å². The number of hydrogen-bond acceptors (Lipinski definition) is 4. The van der Waals surface area contributed by atoms with Crippen molar-refractivity contribution in [3.8, 4) is 0 Å². The SMILES string of the molecule is CC(C)C(CN)Nc1ccc(F)cc1[N+](=O)[O-]. The lowest BCUT2D eigenvalue weighted by Gasteiger charge is -2.21. The molecule has 1 aromatic rings. The van der Waals surface area contributed by atoms with Crippen LogP contribution in [0.25, 0.3) is 0 Å². The maximum Gasteiger partial charge on any atom is 0.295 e. The second-order valence-corrected chi connectivity index (χ2v) is 4.15. The lowest BCUT2D eigenvalue weighted by Crippen LogP contribution is -2.33. The molecule has 1 atom stereocenters.